The summed E-state index contributed by atoms with van der Waals surface area (Å²) in [5, 5.41) is 11.9. The van der Waals surface area contributed by atoms with Gasteiger partial charge in [-0.25, -0.2) is 0 Å². The van der Waals surface area contributed by atoms with Gasteiger partial charge in [0.05, 0.1) is 0 Å². The normalized spacial score (nSPS) is 16.4. The molecular formula is C19H22N4O4. The Morgan fingerprint density at radius 1 is 1.19 bits per heavy atom. The molecule has 0 spiro atoms. The van der Waals surface area contributed by atoms with Crippen LogP contribution in [0.4, 0.5) is 0 Å². The van der Waals surface area contributed by atoms with Crippen molar-refractivity contribution in [3.05, 3.63) is 42.1 Å². The van der Waals surface area contributed by atoms with Gasteiger partial charge >= 0.3 is 0 Å². The predicted molar refractivity (Wildman–Crippen MR) is 97.6 cm³/mol. The molecule has 8 nitrogen and oxygen atoms in total. The Bertz CT molecular complexity index is 803. The van der Waals surface area contributed by atoms with E-state index in [1.54, 1.807) is 6.07 Å². The molecule has 8 heteroatoms. The number of benzene rings is 1. The Kier molecular flexibility index (Phi) is 6.19. The van der Waals surface area contributed by atoms with Gasteiger partial charge < -0.3 is 20.5 Å². The van der Waals surface area contributed by atoms with Crippen LogP contribution in [-0.2, 0) is 9.59 Å². The molecule has 3 rings (SSSR count). The number of nitrogens with zero attached hydrogens (tertiary/aromatic N) is 1. The van der Waals surface area contributed by atoms with E-state index in [0.717, 1.165) is 12.0 Å². The molecule has 142 valence electrons. The number of aromatic nitrogens is 1. The van der Waals surface area contributed by atoms with Crippen LogP contribution in [0, 0.1) is 5.92 Å². The van der Waals surface area contributed by atoms with Gasteiger partial charge in [-0.2, -0.15) is 0 Å². The van der Waals surface area contributed by atoms with Crippen LogP contribution in [0.3, 0.4) is 0 Å². The Hall–Kier alpha value is -3.16. The van der Waals surface area contributed by atoms with Gasteiger partial charge in [-0.1, -0.05) is 35.5 Å². The van der Waals surface area contributed by atoms with E-state index in [0.29, 0.717) is 38.2 Å². The summed E-state index contributed by atoms with van der Waals surface area (Å²) < 4.78 is 5.20. The average Bonchev–Trinajstić information content (AvgIpc) is 3.19. The quantitative estimate of drug-likeness (QED) is 0.499. The van der Waals surface area contributed by atoms with Crippen molar-refractivity contribution in [2.24, 2.45) is 5.92 Å². The molecule has 0 radical (unpaired) electrons. The largest absolute Gasteiger partial charge is 0.355 e. The van der Waals surface area contributed by atoms with Gasteiger partial charge in [-0.15, -0.1) is 0 Å². The van der Waals surface area contributed by atoms with Crippen LogP contribution in [0.25, 0.3) is 11.3 Å². The Labute approximate surface area is 156 Å². The smallest absolute Gasteiger partial charge is 0.273 e. The lowest BCUT2D eigenvalue weighted by atomic mass is 9.98. The highest BCUT2D eigenvalue weighted by Crippen LogP contribution is 2.19. The average molecular weight is 370 g/mol. The van der Waals surface area contributed by atoms with Crippen LogP contribution in [0.2, 0.25) is 0 Å². The molecule has 0 aliphatic carbocycles. The van der Waals surface area contributed by atoms with Gasteiger partial charge in [0.25, 0.3) is 5.91 Å². The van der Waals surface area contributed by atoms with Crippen LogP contribution in [0.1, 0.15) is 29.8 Å². The molecule has 0 bridgehead atoms. The summed E-state index contributed by atoms with van der Waals surface area (Å²) in [5.74, 6) is -0.896. The van der Waals surface area contributed by atoms with Crippen molar-refractivity contribution in [2.45, 2.75) is 19.3 Å². The van der Waals surface area contributed by atoms with Gasteiger partial charge in [0.15, 0.2) is 11.5 Å². The Morgan fingerprint density at radius 3 is 2.74 bits per heavy atom. The molecule has 1 aromatic heterocycles. The zero-order valence-corrected chi connectivity index (χ0v) is 14.9. The van der Waals surface area contributed by atoms with E-state index in [1.165, 1.54) is 0 Å². The third kappa shape index (κ3) is 4.93. The number of rotatable bonds is 7. The fourth-order valence-electron chi connectivity index (χ4n) is 2.86. The summed E-state index contributed by atoms with van der Waals surface area (Å²) >= 11 is 0. The number of piperidine rings is 1. The third-order valence-electron chi connectivity index (χ3n) is 4.34. The van der Waals surface area contributed by atoms with Gasteiger partial charge in [-0.3, -0.25) is 14.4 Å². The fourth-order valence-corrected chi connectivity index (χ4v) is 2.86. The molecule has 1 aromatic carbocycles. The van der Waals surface area contributed by atoms with E-state index in [4.69, 9.17) is 4.52 Å². The summed E-state index contributed by atoms with van der Waals surface area (Å²) in [7, 11) is 0. The highest BCUT2D eigenvalue weighted by molar-refractivity contribution is 6.00. The first-order valence-electron chi connectivity index (χ1n) is 9.01. The second-order valence-corrected chi connectivity index (χ2v) is 6.33. The predicted octanol–water partition coefficient (Wildman–Crippen LogP) is 1.10. The standard InChI is InChI=1S/C19H22N4O4/c24-17-14(8-4-9-20-17)18(25)21-10-5-11-22-19(26)15-12-16(27-23-15)13-6-2-1-3-7-13/h1-3,6-7,12,14H,4-5,8-11H2,(H,20,24)(H,21,25)(H,22,26). The number of nitrogens with one attached hydrogen (secondary N) is 3. The maximum atomic E-state index is 12.1. The zero-order chi connectivity index (χ0) is 19.1. The van der Waals surface area contributed by atoms with Crippen molar-refractivity contribution in [1.29, 1.82) is 0 Å². The highest BCUT2D eigenvalue weighted by atomic mass is 16.5. The van der Waals surface area contributed by atoms with E-state index in [2.05, 4.69) is 21.1 Å². The van der Waals surface area contributed by atoms with E-state index in [-0.39, 0.29) is 23.4 Å². The molecule has 3 amide bonds. The molecule has 27 heavy (non-hydrogen) atoms. The molecule has 2 aromatic rings. The molecule has 1 saturated heterocycles. The first kappa shape index (κ1) is 18.6. The summed E-state index contributed by atoms with van der Waals surface area (Å²) in [6.07, 6.45) is 1.93. The number of carbonyl (C=O) groups excluding carboxylic acids is 3. The van der Waals surface area contributed by atoms with Crippen molar-refractivity contribution >= 4 is 17.7 Å². The second kappa shape index (κ2) is 8.98. The highest BCUT2D eigenvalue weighted by Gasteiger charge is 2.28. The lowest BCUT2D eigenvalue weighted by molar-refractivity contribution is -0.136. The van der Waals surface area contributed by atoms with Gasteiger partial charge in [0.2, 0.25) is 11.8 Å². The Balaban J connectivity index is 1.38. The first-order chi connectivity index (χ1) is 13.1. The van der Waals surface area contributed by atoms with E-state index in [1.807, 2.05) is 30.3 Å². The lowest BCUT2D eigenvalue weighted by Gasteiger charge is -2.20. The number of carbonyl (C=O) groups is 3. The zero-order valence-electron chi connectivity index (χ0n) is 14.9. The molecule has 0 saturated carbocycles. The molecule has 2 heterocycles. The minimum atomic E-state index is -0.611. The van der Waals surface area contributed by atoms with E-state index in [9.17, 15) is 14.4 Å². The summed E-state index contributed by atoms with van der Waals surface area (Å²) in [6, 6.07) is 11.0. The van der Waals surface area contributed by atoms with Crippen molar-refractivity contribution in [2.75, 3.05) is 19.6 Å². The topological polar surface area (TPSA) is 113 Å². The molecular weight excluding hydrogens is 348 g/mol. The van der Waals surface area contributed by atoms with E-state index >= 15 is 0 Å². The van der Waals surface area contributed by atoms with Crippen LogP contribution in [0.15, 0.2) is 40.9 Å². The minimum absolute atomic E-state index is 0.205. The van der Waals surface area contributed by atoms with E-state index < -0.39 is 5.92 Å². The maximum Gasteiger partial charge on any atom is 0.273 e. The molecule has 3 N–H and O–H groups in total. The van der Waals surface area contributed by atoms with Gasteiger partial charge in [0.1, 0.15) is 5.92 Å². The van der Waals surface area contributed by atoms with Crippen LogP contribution < -0.4 is 16.0 Å². The summed E-state index contributed by atoms with van der Waals surface area (Å²) in [4.78, 5) is 35.7. The second-order valence-electron chi connectivity index (χ2n) is 6.33. The minimum Gasteiger partial charge on any atom is -0.355 e. The van der Waals surface area contributed by atoms with Gasteiger partial charge in [-0.05, 0) is 19.3 Å². The number of hydrogen-bond donors (Lipinski definition) is 3. The summed E-state index contributed by atoms with van der Waals surface area (Å²) in [5.41, 5.74) is 1.05. The van der Waals surface area contributed by atoms with Gasteiger partial charge in [0, 0.05) is 31.3 Å². The van der Waals surface area contributed by atoms with Crippen molar-refractivity contribution < 1.29 is 18.9 Å². The molecule has 1 atom stereocenters. The van der Waals surface area contributed by atoms with Crippen molar-refractivity contribution in [3.8, 4) is 11.3 Å². The SMILES string of the molecule is O=C(NCCCNC(=O)C1CCCNC1=O)c1cc(-c2ccccc2)on1. The third-order valence-corrected chi connectivity index (χ3v) is 4.34. The lowest BCUT2D eigenvalue weighted by Crippen LogP contribution is -2.45. The van der Waals surface area contributed by atoms with Crippen LogP contribution in [0.5, 0.6) is 0 Å². The van der Waals surface area contributed by atoms with Crippen molar-refractivity contribution in [3.63, 3.8) is 0 Å². The van der Waals surface area contributed by atoms with Crippen LogP contribution >= 0.6 is 0 Å². The Morgan fingerprint density at radius 2 is 1.96 bits per heavy atom. The van der Waals surface area contributed by atoms with Crippen molar-refractivity contribution in [1.82, 2.24) is 21.1 Å². The molecule has 1 aliphatic heterocycles. The fraction of sp³-hybridized carbons (Fsp3) is 0.368. The first-order valence-corrected chi connectivity index (χ1v) is 9.01. The monoisotopic (exact) mass is 370 g/mol. The molecule has 1 aliphatic rings. The molecule has 1 unspecified atom stereocenters. The molecule has 1 fully saturated rings. The number of hydrogen-bond acceptors (Lipinski definition) is 5. The summed E-state index contributed by atoms with van der Waals surface area (Å²) in [6.45, 7) is 1.39. The number of amides is 3. The van der Waals surface area contributed by atoms with Crippen LogP contribution in [-0.4, -0.2) is 42.5 Å². The maximum absolute atomic E-state index is 12.1.